The Morgan fingerprint density at radius 2 is 2.05 bits per heavy atom. The number of carbonyl (C=O) groups excluding carboxylic acids is 1. The van der Waals surface area contributed by atoms with Gasteiger partial charge in [-0.25, -0.2) is 4.79 Å². The Hall–Kier alpha value is -2.50. The number of carboxylic acid groups (broad SMARTS) is 1. The molecule has 1 aromatic rings. The lowest BCUT2D eigenvalue weighted by Gasteiger charge is -2.11. The second-order valence-corrected chi connectivity index (χ2v) is 4.63. The predicted molar refractivity (Wildman–Crippen MR) is 83.1 cm³/mol. The summed E-state index contributed by atoms with van der Waals surface area (Å²) in [7, 11) is 3.07. The van der Waals surface area contributed by atoms with Gasteiger partial charge in [0.05, 0.1) is 14.2 Å². The van der Waals surface area contributed by atoms with E-state index in [9.17, 15) is 9.59 Å². The molecule has 120 valence electrons. The van der Waals surface area contributed by atoms with Crippen molar-refractivity contribution in [3.63, 3.8) is 0 Å². The molecule has 0 aliphatic carbocycles. The van der Waals surface area contributed by atoms with Crippen molar-refractivity contribution >= 4 is 18.0 Å². The molecule has 1 aromatic carbocycles. The number of benzene rings is 1. The van der Waals surface area contributed by atoms with Crippen molar-refractivity contribution in [1.29, 1.82) is 0 Å². The van der Waals surface area contributed by atoms with Crippen LogP contribution >= 0.6 is 0 Å². The summed E-state index contributed by atoms with van der Waals surface area (Å²) in [5, 5.41) is 11.5. The van der Waals surface area contributed by atoms with E-state index >= 15 is 0 Å². The number of rotatable bonds is 8. The summed E-state index contributed by atoms with van der Waals surface area (Å²) >= 11 is 0. The highest BCUT2D eigenvalue weighted by molar-refractivity contribution is 5.94. The summed E-state index contributed by atoms with van der Waals surface area (Å²) in [6.07, 6.45) is 3.90. The number of hydrogen-bond donors (Lipinski definition) is 2. The topological polar surface area (TPSA) is 84.9 Å². The van der Waals surface area contributed by atoms with E-state index in [0.717, 1.165) is 0 Å². The number of hydrogen-bond acceptors (Lipinski definition) is 4. The van der Waals surface area contributed by atoms with Gasteiger partial charge in [-0.3, -0.25) is 4.79 Å². The monoisotopic (exact) mass is 307 g/mol. The van der Waals surface area contributed by atoms with Crippen LogP contribution in [0.1, 0.15) is 25.3 Å². The molecule has 0 aliphatic rings. The van der Waals surface area contributed by atoms with Gasteiger partial charge in [-0.15, -0.1) is 0 Å². The number of aliphatic carboxylic acids is 1. The fourth-order valence-corrected chi connectivity index (χ4v) is 1.90. The summed E-state index contributed by atoms with van der Waals surface area (Å²) in [6.45, 7) is 1.86. The summed E-state index contributed by atoms with van der Waals surface area (Å²) < 4.78 is 10.3. The van der Waals surface area contributed by atoms with Crippen LogP contribution in [0.15, 0.2) is 24.3 Å². The van der Waals surface area contributed by atoms with Crippen LogP contribution in [-0.2, 0) is 9.59 Å². The molecule has 0 bridgehead atoms. The fraction of sp³-hybridized carbons (Fsp3) is 0.375. The molecule has 0 spiro atoms. The number of amides is 1. The first kappa shape index (κ1) is 17.6. The molecule has 0 aromatic heterocycles. The normalized spacial score (nSPS) is 12.0. The SMILES string of the molecule is CCCC(NC(=O)/C=C/c1cc(OC)ccc1OC)C(=O)O. The van der Waals surface area contributed by atoms with Crippen molar-refractivity contribution in [2.24, 2.45) is 0 Å². The maximum Gasteiger partial charge on any atom is 0.326 e. The molecule has 6 nitrogen and oxygen atoms in total. The number of carbonyl (C=O) groups is 2. The van der Waals surface area contributed by atoms with Crippen molar-refractivity contribution in [2.75, 3.05) is 14.2 Å². The lowest BCUT2D eigenvalue weighted by Crippen LogP contribution is -2.39. The molecule has 0 saturated heterocycles. The van der Waals surface area contributed by atoms with E-state index in [2.05, 4.69) is 5.32 Å². The molecule has 0 aliphatic heterocycles. The molecule has 0 heterocycles. The third-order valence-electron chi connectivity index (χ3n) is 3.04. The zero-order valence-corrected chi connectivity index (χ0v) is 13.0. The van der Waals surface area contributed by atoms with Gasteiger partial charge < -0.3 is 19.9 Å². The van der Waals surface area contributed by atoms with Crippen molar-refractivity contribution in [2.45, 2.75) is 25.8 Å². The van der Waals surface area contributed by atoms with E-state index in [1.54, 1.807) is 31.4 Å². The largest absolute Gasteiger partial charge is 0.497 e. The van der Waals surface area contributed by atoms with Crippen molar-refractivity contribution < 1.29 is 24.2 Å². The van der Waals surface area contributed by atoms with Gasteiger partial charge >= 0.3 is 5.97 Å². The van der Waals surface area contributed by atoms with E-state index in [4.69, 9.17) is 14.6 Å². The number of ether oxygens (including phenoxy) is 2. The summed E-state index contributed by atoms with van der Waals surface area (Å²) in [4.78, 5) is 22.8. The summed E-state index contributed by atoms with van der Waals surface area (Å²) in [6, 6.07) is 4.32. The maximum atomic E-state index is 11.8. The third-order valence-corrected chi connectivity index (χ3v) is 3.04. The Balaban J connectivity index is 2.82. The molecule has 6 heteroatoms. The van der Waals surface area contributed by atoms with E-state index in [1.807, 2.05) is 6.92 Å². The van der Waals surface area contributed by atoms with E-state index in [0.29, 0.717) is 29.9 Å². The van der Waals surface area contributed by atoms with Crippen LogP contribution in [0, 0.1) is 0 Å². The Morgan fingerprint density at radius 3 is 2.59 bits per heavy atom. The Kier molecular flexibility index (Phi) is 6.95. The third kappa shape index (κ3) is 5.12. The fourth-order valence-electron chi connectivity index (χ4n) is 1.90. The summed E-state index contributed by atoms with van der Waals surface area (Å²) in [5.41, 5.74) is 0.666. The molecular formula is C16H21NO5. The Morgan fingerprint density at radius 1 is 1.32 bits per heavy atom. The van der Waals surface area contributed by atoms with Crippen LogP contribution in [0.3, 0.4) is 0 Å². The van der Waals surface area contributed by atoms with Gasteiger partial charge in [0.1, 0.15) is 17.5 Å². The molecule has 1 unspecified atom stereocenters. The molecule has 1 atom stereocenters. The number of nitrogens with one attached hydrogen (secondary N) is 1. The highest BCUT2D eigenvalue weighted by Crippen LogP contribution is 2.24. The lowest BCUT2D eigenvalue weighted by molar-refractivity contribution is -0.141. The summed E-state index contributed by atoms with van der Waals surface area (Å²) in [5.74, 6) is -0.281. The van der Waals surface area contributed by atoms with Crippen LogP contribution in [0.25, 0.3) is 6.08 Å². The molecule has 1 amide bonds. The molecule has 1 rings (SSSR count). The van der Waals surface area contributed by atoms with Gasteiger partial charge in [0.25, 0.3) is 0 Å². The zero-order valence-electron chi connectivity index (χ0n) is 13.0. The smallest absolute Gasteiger partial charge is 0.326 e. The molecule has 2 N–H and O–H groups in total. The first-order chi connectivity index (χ1) is 10.5. The molecule has 0 saturated carbocycles. The van der Waals surface area contributed by atoms with Gasteiger partial charge in [-0.1, -0.05) is 13.3 Å². The van der Waals surface area contributed by atoms with Gasteiger partial charge in [0, 0.05) is 11.6 Å². The van der Waals surface area contributed by atoms with E-state index < -0.39 is 17.9 Å². The Labute approximate surface area is 129 Å². The van der Waals surface area contributed by atoms with Gasteiger partial charge in [-0.2, -0.15) is 0 Å². The second-order valence-electron chi connectivity index (χ2n) is 4.63. The van der Waals surface area contributed by atoms with E-state index in [-0.39, 0.29) is 0 Å². The maximum absolute atomic E-state index is 11.8. The Bertz CT molecular complexity index is 553. The van der Waals surface area contributed by atoms with Crippen molar-refractivity contribution in [3.8, 4) is 11.5 Å². The highest BCUT2D eigenvalue weighted by Gasteiger charge is 2.17. The average molecular weight is 307 g/mol. The quantitative estimate of drug-likeness (QED) is 0.718. The van der Waals surface area contributed by atoms with Crippen LogP contribution in [-0.4, -0.2) is 37.2 Å². The minimum Gasteiger partial charge on any atom is -0.497 e. The molecule has 0 radical (unpaired) electrons. The highest BCUT2D eigenvalue weighted by atomic mass is 16.5. The first-order valence-electron chi connectivity index (χ1n) is 6.95. The minimum atomic E-state index is -1.04. The van der Waals surface area contributed by atoms with Crippen LogP contribution in [0.2, 0.25) is 0 Å². The molecular weight excluding hydrogens is 286 g/mol. The number of carboxylic acids is 1. The second kappa shape index (κ2) is 8.71. The van der Waals surface area contributed by atoms with Crippen LogP contribution in [0.4, 0.5) is 0 Å². The van der Waals surface area contributed by atoms with Gasteiger partial charge in [-0.05, 0) is 30.7 Å². The molecule has 22 heavy (non-hydrogen) atoms. The van der Waals surface area contributed by atoms with Crippen LogP contribution in [0.5, 0.6) is 11.5 Å². The van der Waals surface area contributed by atoms with Gasteiger partial charge in [0.2, 0.25) is 5.91 Å². The van der Waals surface area contributed by atoms with Crippen molar-refractivity contribution in [1.82, 2.24) is 5.32 Å². The standard InChI is InChI=1S/C16H21NO5/c1-4-5-13(16(19)20)17-15(18)9-6-11-10-12(21-2)7-8-14(11)22-3/h6-10,13H,4-5H2,1-3H3,(H,17,18)(H,19,20)/b9-6+. The minimum absolute atomic E-state index is 0.386. The van der Waals surface area contributed by atoms with Crippen molar-refractivity contribution in [3.05, 3.63) is 29.8 Å². The van der Waals surface area contributed by atoms with Gasteiger partial charge in [0.15, 0.2) is 0 Å². The van der Waals surface area contributed by atoms with Crippen LogP contribution < -0.4 is 14.8 Å². The first-order valence-corrected chi connectivity index (χ1v) is 6.95. The lowest BCUT2D eigenvalue weighted by atomic mass is 10.1. The average Bonchev–Trinajstić information content (AvgIpc) is 2.52. The number of methoxy groups -OCH3 is 2. The van der Waals surface area contributed by atoms with E-state index in [1.165, 1.54) is 13.2 Å². The molecule has 0 fully saturated rings. The predicted octanol–water partition coefficient (Wildman–Crippen LogP) is 2.09. The zero-order chi connectivity index (χ0) is 16.5.